The van der Waals surface area contributed by atoms with Crippen LogP contribution in [-0.4, -0.2) is 11.9 Å². The number of ether oxygens (including phenoxy) is 1. The molecule has 0 aliphatic carbocycles. The molecule has 4 nitrogen and oxygen atoms in total. The highest BCUT2D eigenvalue weighted by Gasteiger charge is 2.20. The highest BCUT2D eigenvalue weighted by molar-refractivity contribution is 6.07. The van der Waals surface area contributed by atoms with E-state index < -0.39 is 6.09 Å². The van der Waals surface area contributed by atoms with E-state index in [1.807, 2.05) is 91.9 Å². The van der Waals surface area contributed by atoms with E-state index in [0.717, 1.165) is 5.56 Å². The number of hydrogen-bond donors (Lipinski definition) is 0. The minimum Gasteiger partial charge on any atom is -0.410 e. The number of carbonyl (C=O) groups excluding carboxylic acids is 2. The van der Waals surface area contributed by atoms with E-state index in [2.05, 4.69) is 0 Å². The van der Waals surface area contributed by atoms with Crippen LogP contribution in [0.25, 0.3) is 6.08 Å². The SMILES string of the molecule is Cc1ccc(C=CC(=O)c2ccc(OC(=O)N(c3ccccc3)c3ccccc3)cc2)cc1. The van der Waals surface area contributed by atoms with Gasteiger partial charge in [-0.1, -0.05) is 72.3 Å². The van der Waals surface area contributed by atoms with Crippen LogP contribution in [0.4, 0.5) is 16.2 Å². The van der Waals surface area contributed by atoms with Crippen molar-refractivity contribution >= 4 is 29.3 Å². The molecule has 0 radical (unpaired) electrons. The lowest BCUT2D eigenvalue weighted by atomic mass is 10.1. The van der Waals surface area contributed by atoms with Gasteiger partial charge in [0.25, 0.3) is 0 Å². The van der Waals surface area contributed by atoms with Crippen molar-refractivity contribution in [3.8, 4) is 5.75 Å². The molecule has 0 atom stereocenters. The second-order valence-electron chi connectivity index (χ2n) is 7.51. The molecule has 4 aromatic carbocycles. The van der Waals surface area contributed by atoms with Gasteiger partial charge in [0.15, 0.2) is 5.78 Å². The van der Waals surface area contributed by atoms with E-state index in [4.69, 9.17) is 4.74 Å². The quantitative estimate of drug-likeness (QED) is 0.238. The van der Waals surface area contributed by atoms with E-state index in [1.54, 1.807) is 30.3 Å². The summed E-state index contributed by atoms with van der Waals surface area (Å²) in [5, 5.41) is 0. The number of hydrogen-bond acceptors (Lipinski definition) is 3. The van der Waals surface area contributed by atoms with Gasteiger partial charge in [0.05, 0.1) is 11.4 Å². The molecular formula is C29H23NO3. The molecule has 0 aliphatic rings. The molecule has 0 fully saturated rings. The van der Waals surface area contributed by atoms with Crippen molar-refractivity contribution in [2.24, 2.45) is 0 Å². The van der Waals surface area contributed by atoms with Crippen molar-refractivity contribution in [2.75, 3.05) is 4.90 Å². The molecule has 0 aromatic heterocycles. The number of rotatable bonds is 6. The summed E-state index contributed by atoms with van der Waals surface area (Å²) < 4.78 is 5.62. The van der Waals surface area contributed by atoms with Crippen molar-refractivity contribution in [3.63, 3.8) is 0 Å². The Labute approximate surface area is 193 Å². The molecule has 0 unspecified atom stereocenters. The average Bonchev–Trinajstić information content (AvgIpc) is 2.85. The van der Waals surface area contributed by atoms with E-state index in [9.17, 15) is 9.59 Å². The maximum absolute atomic E-state index is 13.0. The lowest BCUT2D eigenvalue weighted by molar-refractivity contribution is 0.104. The number of anilines is 2. The van der Waals surface area contributed by atoms with Crippen LogP contribution in [0.1, 0.15) is 21.5 Å². The molecule has 4 rings (SSSR count). The number of amides is 1. The molecule has 162 valence electrons. The van der Waals surface area contributed by atoms with E-state index in [1.165, 1.54) is 16.5 Å². The predicted molar refractivity (Wildman–Crippen MR) is 132 cm³/mol. The van der Waals surface area contributed by atoms with Crippen LogP contribution in [0.15, 0.2) is 115 Å². The number of aryl methyl sites for hydroxylation is 1. The van der Waals surface area contributed by atoms with Crippen molar-refractivity contribution in [2.45, 2.75) is 6.92 Å². The summed E-state index contributed by atoms with van der Waals surface area (Å²) in [6.07, 6.45) is 2.79. The largest absolute Gasteiger partial charge is 0.424 e. The lowest BCUT2D eigenvalue weighted by Crippen LogP contribution is -2.29. The molecular weight excluding hydrogens is 410 g/mol. The highest BCUT2D eigenvalue weighted by atomic mass is 16.6. The smallest absolute Gasteiger partial charge is 0.410 e. The van der Waals surface area contributed by atoms with Crippen LogP contribution < -0.4 is 9.64 Å². The zero-order chi connectivity index (χ0) is 23.0. The van der Waals surface area contributed by atoms with E-state index in [-0.39, 0.29) is 5.78 Å². The van der Waals surface area contributed by atoms with Gasteiger partial charge >= 0.3 is 6.09 Å². The maximum atomic E-state index is 13.0. The van der Waals surface area contributed by atoms with Crippen molar-refractivity contribution in [3.05, 3.63) is 132 Å². The summed E-state index contributed by atoms with van der Waals surface area (Å²) in [4.78, 5) is 27.0. The van der Waals surface area contributed by atoms with Crippen LogP contribution in [0.2, 0.25) is 0 Å². The fraction of sp³-hybridized carbons (Fsp3) is 0.0345. The number of nitrogens with zero attached hydrogens (tertiary/aromatic N) is 1. The third-order valence-electron chi connectivity index (χ3n) is 5.06. The Balaban J connectivity index is 1.47. The van der Waals surface area contributed by atoms with Gasteiger partial charge in [-0.05, 0) is 67.1 Å². The number of para-hydroxylation sites is 2. The molecule has 0 spiro atoms. The Morgan fingerprint density at radius 2 is 1.24 bits per heavy atom. The van der Waals surface area contributed by atoms with Gasteiger partial charge in [-0.3, -0.25) is 4.79 Å². The minimum atomic E-state index is -0.536. The first-order chi connectivity index (χ1) is 16.1. The van der Waals surface area contributed by atoms with Crippen LogP contribution in [0.5, 0.6) is 5.75 Å². The fourth-order valence-corrected chi connectivity index (χ4v) is 3.29. The van der Waals surface area contributed by atoms with Crippen LogP contribution in [0, 0.1) is 6.92 Å². The number of benzene rings is 4. The Morgan fingerprint density at radius 1 is 0.697 bits per heavy atom. The zero-order valence-electron chi connectivity index (χ0n) is 18.2. The van der Waals surface area contributed by atoms with Crippen LogP contribution >= 0.6 is 0 Å². The third kappa shape index (κ3) is 5.63. The zero-order valence-corrected chi connectivity index (χ0v) is 18.2. The van der Waals surface area contributed by atoms with Crippen molar-refractivity contribution < 1.29 is 14.3 Å². The molecule has 4 heteroatoms. The molecule has 1 amide bonds. The summed E-state index contributed by atoms with van der Waals surface area (Å²) >= 11 is 0. The summed E-state index contributed by atoms with van der Waals surface area (Å²) in [5.41, 5.74) is 4.03. The lowest BCUT2D eigenvalue weighted by Gasteiger charge is -2.22. The third-order valence-corrected chi connectivity index (χ3v) is 5.06. The molecule has 0 aliphatic heterocycles. The van der Waals surface area contributed by atoms with Gasteiger partial charge < -0.3 is 4.74 Å². The summed E-state index contributed by atoms with van der Waals surface area (Å²) in [5.74, 6) is 0.236. The molecule has 0 bridgehead atoms. The fourth-order valence-electron chi connectivity index (χ4n) is 3.29. The minimum absolute atomic E-state index is 0.122. The second-order valence-corrected chi connectivity index (χ2v) is 7.51. The average molecular weight is 434 g/mol. The molecule has 4 aromatic rings. The topological polar surface area (TPSA) is 46.6 Å². The van der Waals surface area contributed by atoms with Crippen LogP contribution in [-0.2, 0) is 0 Å². The summed E-state index contributed by atoms with van der Waals surface area (Å²) in [6.45, 7) is 2.02. The molecule has 33 heavy (non-hydrogen) atoms. The maximum Gasteiger partial charge on any atom is 0.424 e. The molecule has 0 saturated heterocycles. The summed E-state index contributed by atoms with van der Waals surface area (Å²) in [6, 6.07) is 33.1. The standard InChI is InChI=1S/C29H23NO3/c1-22-12-14-23(15-13-22)16-21-28(31)24-17-19-27(20-18-24)33-29(32)30(25-8-4-2-5-9-25)26-10-6-3-7-11-26/h2-21H,1H3. The first-order valence-corrected chi connectivity index (χ1v) is 10.6. The normalized spacial score (nSPS) is 10.7. The van der Waals surface area contributed by atoms with Gasteiger partial charge in [0.2, 0.25) is 0 Å². The van der Waals surface area contributed by atoms with Gasteiger partial charge in [0, 0.05) is 5.56 Å². The van der Waals surface area contributed by atoms with E-state index >= 15 is 0 Å². The number of carbonyl (C=O) groups is 2. The first kappa shape index (κ1) is 21.8. The summed E-state index contributed by atoms with van der Waals surface area (Å²) in [7, 11) is 0. The second kappa shape index (κ2) is 10.2. The van der Waals surface area contributed by atoms with Gasteiger partial charge in [-0.2, -0.15) is 0 Å². The van der Waals surface area contributed by atoms with Crippen molar-refractivity contribution in [1.82, 2.24) is 0 Å². The Hall–Kier alpha value is -4.44. The highest BCUT2D eigenvalue weighted by Crippen LogP contribution is 2.26. The van der Waals surface area contributed by atoms with E-state index in [0.29, 0.717) is 22.7 Å². The number of ketones is 1. The van der Waals surface area contributed by atoms with Crippen molar-refractivity contribution in [1.29, 1.82) is 0 Å². The number of allylic oxidation sites excluding steroid dienone is 1. The Bertz CT molecular complexity index is 1210. The van der Waals surface area contributed by atoms with Gasteiger partial charge in [-0.15, -0.1) is 0 Å². The van der Waals surface area contributed by atoms with Gasteiger partial charge in [-0.25, -0.2) is 9.69 Å². The monoisotopic (exact) mass is 433 g/mol. The Morgan fingerprint density at radius 3 is 1.79 bits per heavy atom. The molecule has 0 N–H and O–H groups in total. The molecule has 0 heterocycles. The van der Waals surface area contributed by atoms with Gasteiger partial charge in [0.1, 0.15) is 5.75 Å². The first-order valence-electron chi connectivity index (χ1n) is 10.6. The molecule has 0 saturated carbocycles. The Kier molecular flexibility index (Phi) is 6.76. The predicted octanol–water partition coefficient (Wildman–Crippen LogP) is 7.23. The van der Waals surface area contributed by atoms with Crippen LogP contribution in [0.3, 0.4) is 0 Å².